The molecule has 0 aliphatic carbocycles. The number of ether oxygens (including phenoxy) is 1. The molecular formula is C22H29NO3. The number of piperidine rings is 1. The maximum absolute atomic E-state index is 10.5. The van der Waals surface area contributed by atoms with Gasteiger partial charge in [0.2, 0.25) is 0 Å². The number of benzene rings is 2. The molecule has 0 spiro atoms. The second-order valence-electron chi connectivity index (χ2n) is 7.19. The molecule has 26 heavy (non-hydrogen) atoms. The van der Waals surface area contributed by atoms with Gasteiger partial charge in [0.1, 0.15) is 6.10 Å². The van der Waals surface area contributed by atoms with Crippen molar-refractivity contribution in [3.63, 3.8) is 0 Å². The zero-order chi connectivity index (χ0) is 18.4. The van der Waals surface area contributed by atoms with Crippen LogP contribution in [0.4, 0.5) is 0 Å². The summed E-state index contributed by atoms with van der Waals surface area (Å²) >= 11 is 0. The highest BCUT2D eigenvalue weighted by Gasteiger charge is 2.22. The number of hydrogen-bond donors (Lipinski definition) is 2. The van der Waals surface area contributed by atoms with Crippen molar-refractivity contribution in [2.45, 2.75) is 38.1 Å². The molecule has 2 aromatic carbocycles. The second kappa shape index (κ2) is 9.28. The minimum absolute atomic E-state index is 0.195. The first-order chi connectivity index (χ1) is 12.6. The van der Waals surface area contributed by atoms with Gasteiger partial charge in [-0.2, -0.15) is 0 Å². The Hall–Kier alpha value is -1.72. The standard InChI is InChI=1S/C22H29NO3/c1-17-8-5-6-12-21(17)22(18-9-3-2-4-10-18)26-16-20(25)15-23-13-7-11-19(24)14-23/h2-6,8-10,12,19-20,22,24-25H,7,11,13-16H2,1H3/t19-,20+,22-/m0/s1. The summed E-state index contributed by atoms with van der Waals surface area (Å²) in [5, 5.41) is 20.2. The summed E-state index contributed by atoms with van der Waals surface area (Å²) in [5.41, 5.74) is 3.39. The highest BCUT2D eigenvalue weighted by atomic mass is 16.5. The van der Waals surface area contributed by atoms with Gasteiger partial charge in [0, 0.05) is 13.1 Å². The Balaban J connectivity index is 1.65. The summed E-state index contributed by atoms with van der Waals surface area (Å²) in [6, 6.07) is 18.3. The molecule has 0 saturated carbocycles. The number of likely N-dealkylation sites (tertiary alicyclic amines) is 1. The van der Waals surface area contributed by atoms with Crippen LogP contribution in [0.25, 0.3) is 0 Å². The number of nitrogens with zero attached hydrogens (tertiary/aromatic N) is 1. The van der Waals surface area contributed by atoms with Crippen LogP contribution in [0, 0.1) is 6.92 Å². The highest BCUT2D eigenvalue weighted by molar-refractivity contribution is 5.35. The average Bonchev–Trinajstić information content (AvgIpc) is 2.64. The van der Waals surface area contributed by atoms with Crippen molar-refractivity contribution in [3.8, 4) is 0 Å². The van der Waals surface area contributed by atoms with E-state index in [0.29, 0.717) is 13.1 Å². The molecule has 1 fully saturated rings. The quantitative estimate of drug-likeness (QED) is 0.802. The molecule has 0 aromatic heterocycles. The number of aliphatic hydroxyl groups excluding tert-OH is 2. The molecule has 1 aliphatic heterocycles. The van der Waals surface area contributed by atoms with Crippen molar-refractivity contribution in [1.82, 2.24) is 4.90 Å². The fourth-order valence-corrected chi connectivity index (χ4v) is 3.63. The smallest absolute Gasteiger partial charge is 0.108 e. The normalized spacial score (nSPS) is 20.7. The van der Waals surface area contributed by atoms with E-state index in [9.17, 15) is 10.2 Å². The van der Waals surface area contributed by atoms with Crippen LogP contribution in [0.15, 0.2) is 54.6 Å². The molecule has 0 amide bonds. The molecule has 1 saturated heterocycles. The summed E-state index contributed by atoms with van der Waals surface area (Å²) < 4.78 is 6.19. The minimum atomic E-state index is -0.574. The monoisotopic (exact) mass is 355 g/mol. The minimum Gasteiger partial charge on any atom is -0.392 e. The molecule has 0 radical (unpaired) electrons. The third-order valence-electron chi connectivity index (χ3n) is 4.98. The third-order valence-corrected chi connectivity index (χ3v) is 4.98. The summed E-state index contributed by atoms with van der Waals surface area (Å²) in [4.78, 5) is 2.12. The van der Waals surface area contributed by atoms with Gasteiger partial charge in [-0.25, -0.2) is 0 Å². The molecule has 3 rings (SSSR count). The zero-order valence-electron chi connectivity index (χ0n) is 15.4. The van der Waals surface area contributed by atoms with Gasteiger partial charge in [-0.15, -0.1) is 0 Å². The van der Waals surface area contributed by atoms with Gasteiger partial charge in [0.15, 0.2) is 0 Å². The van der Waals surface area contributed by atoms with E-state index in [4.69, 9.17) is 4.74 Å². The molecule has 2 N–H and O–H groups in total. The first-order valence-corrected chi connectivity index (χ1v) is 9.44. The Morgan fingerprint density at radius 1 is 1.12 bits per heavy atom. The van der Waals surface area contributed by atoms with Crippen molar-refractivity contribution >= 4 is 0 Å². The highest BCUT2D eigenvalue weighted by Crippen LogP contribution is 2.28. The number of hydrogen-bond acceptors (Lipinski definition) is 4. The van der Waals surface area contributed by atoms with Crippen molar-refractivity contribution < 1.29 is 14.9 Å². The van der Waals surface area contributed by atoms with E-state index in [1.54, 1.807) is 0 Å². The van der Waals surface area contributed by atoms with Crippen LogP contribution in [0.3, 0.4) is 0 Å². The largest absolute Gasteiger partial charge is 0.392 e. The molecule has 0 bridgehead atoms. The van der Waals surface area contributed by atoms with E-state index < -0.39 is 6.10 Å². The van der Waals surface area contributed by atoms with Crippen LogP contribution in [-0.4, -0.2) is 53.6 Å². The third kappa shape index (κ3) is 5.15. The molecule has 4 nitrogen and oxygen atoms in total. The topological polar surface area (TPSA) is 52.9 Å². The van der Waals surface area contributed by atoms with Crippen molar-refractivity contribution in [3.05, 3.63) is 71.3 Å². The molecule has 4 heteroatoms. The second-order valence-corrected chi connectivity index (χ2v) is 7.19. The molecule has 140 valence electrons. The first-order valence-electron chi connectivity index (χ1n) is 9.44. The fourth-order valence-electron chi connectivity index (χ4n) is 3.63. The Bertz CT molecular complexity index is 676. The number of β-amino-alcohol motifs (C(OH)–C–C–N with tert-alkyl or cyclic N) is 2. The van der Waals surface area contributed by atoms with Crippen LogP contribution < -0.4 is 0 Å². The Labute approximate surface area is 156 Å². The lowest BCUT2D eigenvalue weighted by Gasteiger charge is -2.32. The Morgan fingerprint density at radius 3 is 2.58 bits per heavy atom. The van der Waals surface area contributed by atoms with E-state index >= 15 is 0 Å². The van der Waals surface area contributed by atoms with Crippen LogP contribution in [0.2, 0.25) is 0 Å². The molecular weight excluding hydrogens is 326 g/mol. The van der Waals surface area contributed by atoms with Gasteiger partial charge in [-0.1, -0.05) is 54.6 Å². The van der Waals surface area contributed by atoms with Crippen molar-refractivity contribution in [2.24, 2.45) is 0 Å². The number of rotatable bonds is 7. The van der Waals surface area contributed by atoms with Crippen molar-refractivity contribution in [2.75, 3.05) is 26.2 Å². The van der Waals surface area contributed by atoms with Crippen LogP contribution in [0.5, 0.6) is 0 Å². The lowest BCUT2D eigenvalue weighted by atomic mass is 9.97. The fraction of sp³-hybridized carbons (Fsp3) is 0.455. The van der Waals surface area contributed by atoms with E-state index in [-0.39, 0.29) is 18.8 Å². The predicted molar refractivity (Wildman–Crippen MR) is 103 cm³/mol. The Kier molecular flexibility index (Phi) is 6.80. The molecule has 3 atom stereocenters. The summed E-state index contributed by atoms with van der Waals surface area (Å²) in [5.74, 6) is 0. The lowest BCUT2D eigenvalue weighted by Crippen LogP contribution is -2.43. The summed E-state index contributed by atoms with van der Waals surface area (Å²) in [6.45, 7) is 4.44. The average molecular weight is 355 g/mol. The van der Waals surface area contributed by atoms with Gasteiger partial charge in [-0.05, 0) is 43.0 Å². The number of aryl methyl sites for hydroxylation is 1. The molecule has 1 aliphatic rings. The van der Waals surface area contributed by atoms with E-state index in [2.05, 4.69) is 36.1 Å². The number of aliphatic hydroxyl groups is 2. The van der Waals surface area contributed by atoms with Crippen LogP contribution >= 0.6 is 0 Å². The maximum Gasteiger partial charge on any atom is 0.108 e. The summed E-state index contributed by atoms with van der Waals surface area (Å²) in [6.07, 6.45) is 0.785. The lowest BCUT2D eigenvalue weighted by molar-refractivity contribution is -0.0206. The zero-order valence-corrected chi connectivity index (χ0v) is 15.4. The predicted octanol–water partition coefficient (Wildman–Crippen LogP) is 2.92. The van der Waals surface area contributed by atoms with Gasteiger partial charge in [-0.3, -0.25) is 4.90 Å². The maximum atomic E-state index is 10.5. The van der Waals surface area contributed by atoms with Crippen molar-refractivity contribution in [1.29, 1.82) is 0 Å². The first kappa shape index (κ1) is 19.1. The van der Waals surface area contributed by atoms with E-state index in [1.165, 1.54) is 5.56 Å². The van der Waals surface area contributed by atoms with Gasteiger partial charge in [0.25, 0.3) is 0 Å². The van der Waals surface area contributed by atoms with Gasteiger partial charge < -0.3 is 14.9 Å². The van der Waals surface area contributed by atoms with E-state index in [0.717, 1.165) is 30.5 Å². The van der Waals surface area contributed by atoms with Gasteiger partial charge in [0.05, 0.1) is 18.8 Å². The molecule has 2 aromatic rings. The van der Waals surface area contributed by atoms with Gasteiger partial charge >= 0.3 is 0 Å². The van der Waals surface area contributed by atoms with Crippen LogP contribution in [0.1, 0.15) is 35.6 Å². The van der Waals surface area contributed by atoms with Crippen LogP contribution in [-0.2, 0) is 4.74 Å². The molecule has 0 unspecified atom stereocenters. The molecule has 1 heterocycles. The van der Waals surface area contributed by atoms with E-state index in [1.807, 2.05) is 30.3 Å². The Morgan fingerprint density at radius 2 is 1.85 bits per heavy atom. The SMILES string of the molecule is Cc1ccccc1[C@@H](OC[C@H](O)CN1CCC[C@H](O)C1)c1ccccc1. The summed E-state index contributed by atoms with van der Waals surface area (Å²) in [7, 11) is 0.